The summed E-state index contributed by atoms with van der Waals surface area (Å²) in [6.07, 6.45) is 1.67. The molecule has 7 nitrogen and oxygen atoms in total. The summed E-state index contributed by atoms with van der Waals surface area (Å²) in [6, 6.07) is 21.3. The van der Waals surface area contributed by atoms with Crippen LogP contribution in [0.25, 0.3) is 6.08 Å². The highest BCUT2D eigenvalue weighted by atomic mass is 127. The first-order chi connectivity index (χ1) is 15.9. The van der Waals surface area contributed by atoms with Crippen LogP contribution in [0.15, 0.2) is 77.7 Å². The molecule has 0 unspecified atom stereocenters. The fraction of sp³-hybridized carbons (Fsp3) is 0.0833. The van der Waals surface area contributed by atoms with Gasteiger partial charge in [0.1, 0.15) is 12.4 Å². The Hall–Kier alpha value is -3.18. The van der Waals surface area contributed by atoms with Crippen molar-refractivity contribution >= 4 is 57.3 Å². The van der Waals surface area contributed by atoms with Crippen LogP contribution in [-0.2, 0) is 17.9 Å². The fourth-order valence-electron chi connectivity index (χ4n) is 3.20. The van der Waals surface area contributed by atoms with Crippen LogP contribution in [0, 0.1) is 13.7 Å². The van der Waals surface area contributed by atoms with Gasteiger partial charge >= 0.3 is 0 Å². The monoisotopic (exact) mass is 572 g/mol. The minimum Gasteiger partial charge on any atom is -0.488 e. The number of rotatable bonds is 7. The van der Waals surface area contributed by atoms with Crippen molar-refractivity contribution in [3.63, 3.8) is 0 Å². The average Bonchev–Trinajstić information content (AvgIpc) is 3.06. The van der Waals surface area contributed by atoms with Crippen LogP contribution in [0.2, 0.25) is 0 Å². The predicted molar refractivity (Wildman–Crippen MR) is 135 cm³/mol. The molecule has 0 radical (unpaired) electrons. The molecule has 166 valence electrons. The van der Waals surface area contributed by atoms with Crippen LogP contribution in [0.5, 0.6) is 5.75 Å². The van der Waals surface area contributed by atoms with E-state index < -0.39 is 16.1 Å². The molecule has 3 aromatic carbocycles. The van der Waals surface area contributed by atoms with E-state index in [9.17, 15) is 19.7 Å². The van der Waals surface area contributed by atoms with E-state index in [1.165, 1.54) is 18.2 Å². The number of imide groups is 1. The van der Waals surface area contributed by atoms with Crippen LogP contribution >= 0.6 is 34.4 Å². The lowest BCUT2D eigenvalue weighted by Gasteiger charge is -2.12. The van der Waals surface area contributed by atoms with Gasteiger partial charge in [0, 0.05) is 12.1 Å². The molecule has 4 rings (SSSR count). The van der Waals surface area contributed by atoms with Gasteiger partial charge in [0.05, 0.1) is 19.9 Å². The largest absolute Gasteiger partial charge is 0.488 e. The number of hydrogen-bond donors (Lipinski definition) is 0. The molecule has 0 bridgehead atoms. The first kappa shape index (κ1) is 23.0. The lowest BCUT2D eigenvalue weighted by Crippen LogP contribution is -2.27. The Morgan fingerprint density at radius 3 is 2.48 bits per heavy atom. The zero-order valence-corrected chi connectivity index (χ0v) is 20.1. The quantitative estimate of drug-likeness (QED) is 0.149. The predicted octanol–water partition coefficient (Wildman–Crippen LogP) is 6.01. The van der Waals surface area contributed by atoms with E-state index in [0.717, 1.165) is 37.1 Å². The average molecular weight is 572 g/mol. The molecule has 0 N–H and O–H groups in total. The number of nitrogens with zero attached hydrogens (tertiary/aromatic N) is 2. The summed E-state index contributed by atoms with van der Waals surface area (Å²) in [7, 11) is 0. The number of thioether (sulfide) groups is 1. The lowest BCUT2D eigenvalue weighted by molar-refractivity contribution is -0.384. The first-order valence-electron chi connectivity index (χ1n) is 9.86. The minimum atomic E-state index is -0.508. The van der Waals surface area contributed by atoms with E-state index in [1.54, 1.807) is 12.1 Å². The fourth-order valence-corrected chi connectivity index (χ4v) is 4.73. The molecular formula is C24H17IN2O5S. The summed E-state index contributed by atoms with van der Waals surface area (Å²) in [4.78, 5) is 37.1. The SMILES string of the molecule is O=C1S/C(=C/c2ccc(OCc3ccccc3)c(I)c2)C(=O)N1Cc1cccc([N+](=O)[O-])c1. The molecule has 9 heteroatoms. The third-order valence-corrected chi connectivity index (χ3v) is 6.58. The summed E-state index contributed by atoms with van der Waals surface area (Å²) >= 11 is 3.03. The molecule has 0 aliphatic carbocycles. The van der Waals surface area contributed by atoms with Gasteiger partial charge in [-0.15, -0.1) is 0 Å². The number of non-ortho nitro benzene ring substituents is 1. The van der Waals surface area contributed by atoms with Gasteiger partial charge in [-0.3, -0.25) is 24.6 Å². The maximum absolute atomic E-state index is 12.8. The summed E-state index contributed by atoms with van der Waals surface area (Å²) in [5.74, 6) is 0.311. The third-order valence-electron chi connectivity index (χ3n) is 4.83. The highest BCUT2D eigenvalue weighted by Gasteiger charge is 2.35. The Labute approximate surface area is 207 Å². The van der Waals surface area contributed by atoms with Gasteiger partial charge in [-0.2, -0.15) is 0 Å². The lowest BCUT2D eigenvalue weighted by atomic mass is 10.1. The van der Waals surface area contributed by atoms with Crippen molar-refractivity contribution in [2.75, 3.05) is 0 Å². The van der Waals surface area contributed by atoms with Crippen molar-refractivity contribution in [1.82, 2.24) is 4.90 Å². The number of carbonyl (C=O) groups excluding carboxylic acids is 2. The number of hydrogen-bond acceptors (Lipinski definition) is 6. The van der Waals surface area contributed by atoms with Gasteiger partial charge in [0.25, 0.3) is 16.8 Å². The number of benzene rings is 3. The standard InChI is InChI=1S/C24H17IN2O5S/c25-20-12-17(9-10-21(20)32-15-16-5-2-1-3-6-16)13-22-23(28)26(24(29)33-22)14-18-7-4-8-19(11-18)27(30)31/h1-13H,14-15H2/b22-13+. The topological polar surface area (TPSA) is 89.8 Å². The van der Waals surface area contributed by atoms with Gasteiger partial charge in [-0.25, -0.2) is 0 Å². The van der Waals surface area contributed by atoms with Crippen LogP contribution in [0.3, 0.4) is 0 Å². The van der Waals surface area contributed by atoms with Crippen molar-refractivity contribution in [3.8, 4) is 5.75 Å². The summed E-state index contributed by atoms with van der Waals surface area (Å²) in [5, 5.41) is 10.6. The van der Waals surface area contributed by atoms with Gasteiger partial charge in [0.2, 0.25) is 0 Å². The van der Waals surface area contributed by atoms with Crippen molar-refractivity contribution in [2.45, 2.75) is 13.2 Å². The molecule has 1 saturated heterocycles. The second-order valence-corrected chi connectivity index (χ2v) is 9.31. The molecule has 33 heavy (non-hydrogen) atoms. The zero-order valence-electron chi connectivity index (χ0n) is 17.1. The van der Waals surface area contributed by atoms with Crippen LogP contribution in [0.1, 0.15) is 16.7 Å². The molecule has 0 spiro atoms. The maximum Gasteiger partial charge on any atom is 0.293 e. The van der Waals surface area contributed by atoms with Gasteiger partial charge in [-0.1, -0.05) is 48.5 Å². The van der Waals surface area contributed by atoms with Crippen LogP contribution in [-0.4, -0.2) is 21.0 Å². The van der Waals surface area contributed by atoms with Gasteiger partial charge in [-0.05, 0) is 69.3 Å². The van der Waals surface area contributed by atoms with E-state index in [-0.39, 0.29) is 12.2 Å². The normalized spacial score (nSPS) is 14.7. The second kappa shape index (κ2) is 10.2. The Balaban J connectivity index is 1.46. The molecular weight excluding hydrogens is 555 g/mol. The van der Waals surface area contributed by atoms with Gasteiger partial charge < -0.3 is 4.74 Å². The summed E-state index contributed by atoms with van der Waals surface area (Å²) in [6.45, 7) is 0.431. The van der Waals surface area contributed by atoms with E-state index in [0.29, 0.717) is 17.1 Å². The molecule has 1 fully saturated rings. The number of halogens is 1. The smallest absolute Gasteiger partial charge is 0.293 e. The molecule has 3 aromatic rings. The van der Waals surface area contributed by atoms with E-state index >= 15 is 0 Å². The maximum atomic E-state index is 12.8. The third kappa shape index (κ3) is 5.60. The van der Waals surface area contributed by atoms with Crippen molar-refractivity contribution in [3.05, 3.63) is 108 Å². The number of ether oxygens (including phenoxy) is 1. The second-order valence-electron chi connectivity index (χ2n) is 7.16. The zero-order chi connectivity index (χ0) is 23.4. The Morgan fingerprint density at radius 1 is 1.00 bits per heavy atom. The molecule has 0 aromatic heterocycles. The summed E-state index contributed by atoms with van der Waals surface area (Å²) < 4.78 is 6.77. The number of nitro benzene ring substituents is 1. The number of nitro groups is 1. The Kier molecular flexibility index (Phi) is 7.09. The van der Waals surface area contributed by atoms with Crippen molar-refractivity contribution in [2.24, 2.45) is 0 Å². The van der Waals surface area contributed by atoms with Crippen molar-refractivity contribution in [1.29, 1.82) is 0 Å². The van der Waals surface area contributed by atoms with E-state index in [1.807, 2.05) is 48.5 Å². The highest BCUT2D eigenvalue weighted by Crippen LogP contribution is 2.34. The van der Waals surface area contributed by atoms with Crippen molar-refractivity contribution < 1.29 is 19.2 Å². The number of amides is 2. The Bertz CT molecular complexity index is 1260. The molecule has 2 amide bonds. The summed E-state index contributed by atoms with van der Waals surface area (Å²) in [5.41, 5.74) is 2.27. The van der Waals surface area contributed by atoms with E-state index in [2.05, 4.69) is 22.6 Å². The highest BCUT2D eigenvalue weighted by molar-refractivity contribution is 14.1. The Morgan fingerprint density at radius 2 is 1.76 bits per heavy atom. The molecule has 0 saturated carbocycles. The molecule has 1 aliphatic rings. The number of carbonyl (C=O) groups is 2. The van der Waals surface area contributed by atoms with Crippen LogP contribution < -0.4 is 4.74 Å². The van der Waals surface area contributed by atoms with Gasteiger partial charge in [0.15, 0.2) is 0 Å². The minimum absolute atomic E-state index is 0.0204. The molecule has 1 aliphatic heterocycles. The molecule has 0 atom stereocenters. The van der Waals surface area contributed by atoms with Crippen LogP contribution in [0.4, 0.5) is 10.5 Å². The molecule has 1 heterocycles. The van der Waals surface area contributed by atoms with E-state index in [4.69, 9.17) is 4.74 Å². The first-order valence-corrected chi connectivity index (χ1v) is 11.8.